The highest BCUT2D eigenvalue weighted by molar-refractivity contribution is 5.31. The zero-order valence-electron chi connectivity index (χ0n) is 11.6. The molecule has 0 aromatic heterocycles. The van der Waals surface area contributed by atoms with Gasteiger partial charge in [0.1, 0.15) is 5.75 Å². The van der Waals surface area contributed by atoms with Gasteiger partial charge in [0.05, 0.1) is 25.3 Å². The van der Waals surface area contributed by atoms with Gasteiger partial charge in [-0.05, 0) is 31.0 Å². The second-order valence-electron chi connectivity index (χ2n) is 4.83. The van der Waals surface area contributed by atoms with Gasteiger partial charge < -0.3 is 9.84 Å². The number of nitrogens with one attached hydrogen (secondary N) is 1. The quantitative estimate of drug-likeness (QED) is 0.811. The molecule has 0 aliphatic carbocycles. The lowest BCUT2D eigenvalue weighted by molar-refractivity contribution is -0.129. The van der Waals surface area contributed by atoms with Gasteiger partial charge in [0.2, 0.25) is 0 Å². The predicted molar refractivity (Wildman–Crippen MR) is 70.7 cm³/mol. The van der Waals surface area contributed by atoms with E-state index in [1.54, 1.807) is 24.3 Å². The smallest absolute Gasteiger partial charge is 0.401 e. The minimum atomic E-state index is -4.32. The van der Waals surface area contributed by atoms with Crippen molar-refractivity contribution in [1.29, 1.82) is 0 Å². The van der Waals surface area contributed by atoms with Gasteiger partial charge in [-0.2, -0.15) is 13.2 Å². The first kappa shape index (κ1) is 16.8. The molecule has 20 heavy (non-hydrogen) atoms. The maximum atomic E-state index is 12.3. The van der Waals surface area contributed by atoms with Crippen molar-refractivity contribution in [1.82, 2.24) is 5.32 Å². The Balaban J connectivity index is 2.78. The van der Waals surface area contributed by atoms with E-state index in [1.165, 1.54) is 6.92 Å². The molecule has 0 fully saturated rings. The molecule has 0 aliphatic rings. The summed E-state index contributed by atoms with van der Waals surface area (Å²) in [7, 11) is 0. The van der Waals surface area contributed by atoms with Crippen molar-refractivity contribution in [3.63, 3.8) is 0 Å². The van der Waals surface area contributed by atoms with E-state index in [0.29, 0.717) is 17.9 Å². The molecule has 114 valence electrons. The lowest BCUT2D eigenvalue weighted by atomic mass is 9.93. The Labute approximate surface area is 116 Å². The number of aliphatic hydroxyl groups is 1. The van der Waals surface area contributed by atoms with E-state index in [-0.39, 0.29) is 0 Å². The Kier molecular flexibility index (Phi) is 5.83. The van der Waals surface area contributed by atoms with E-state index in [2.05, 4.69) is 5.32 Å². The molecule has 0 heterocycles. The van der Waals surface area contributed by atoms with Crippen LogP contribution in [0.3, 0.4) is 0 Å². The van der Waals surface area contributed by atoms with E-state index in [4.69, 9.17) is 4.74 Å². The molecule has 0 bridgehead atoms. The predicted octanol–water partition coefficient (Wildman–Crippen LogP) is 2.83. The molecule has 0 aliphatic heterocycles. The van der Waals surface area contributed by atoms with E-state index in [9.17, 15) is 18.3 Å². The molecule has 0 amide bonds. The average Bonchev–Trinajstić information content (AvgIpc) is 2.42. The highest BCUT2D eigenvalue weighted by atomic mass is 19.4. The largest absolute Gasteiger partial charge is 0.494 e. The molecule has 3 nitrogen and oxygen atoms in total. The van der Waals surface area contributed by atoms with Crippen LogP contribution in [0.15, 0.2) is 24.3 Å². The third-order valence-corrected chi connectivity index (χ3v) is 2.96. The summed E-state index contributed by atoms with van der Waals surface area (Å²) >= 11 is 0. The van der Waals surface area contributed by atoms with Gasteiger partial charge >= 0.3 is 6.18 Å². The monoisotopic (exact) mass is 291 g/mol. The van der Waals surface area contributed by atoms with Crippen LogP contribution in [-0.2, 0) is 5.54 Å². The van der Waals surface area contributed by atoms with Gasteiger partial charge in [-0.25, -0.2) is 0 Å². The SMILES string of the molecule is CCCOc1ccc(C(C)(CO)NCC(F)(F)F)cc1. The van der Waals surface area contributed by atoms with E-state index < -0.39 is 24.9 Å². The molecule has 6 heteroatoms. The maximum Gasteiger partial charge on any atom is 0.401 e. The number of aliphatic hydroxyl groups excluding tert-OH is 1. The zero-order valence-corrected chi connectivity index (χ0v) is 11.6. The Morgan fingerprint density at radius 1 is 1.20 bits per heavy atom. The number of ether oxygens (including phenoxy) is 1. The van der Waals surface area contributed by atoms with Crippen LogP contribution in [0, 0.1) is 0 Å². The van der Waals surface area contributed by atoms with Gasteiger partial charge in [-0.1, -0.05) is 19.1 Å². The topological polar surface area (TPSA) is 41.5 Å². The van der Waals surface area contributed by atoms with E-state index in [0.717, 1.165) is 6.42 Å². The summed E-state index contributed by atoms with van der Waals surface area (Å²) in [6.07, 6.45) is -3.44. The molecular weight excluding hydrogens is 271 g/mol. The lowest BCUT2D eigenvalue weighted by Crippen LogP contribution is -2.47. The fraction of sp³-hybridized carbons (Fsp3) is 0.571. The average molecular weight is 291 g/mol. The Morgan fingerprint density at radius 3 is 2.25 bits per heavy atom. The summed E-state index contributed by atoms with van der Waals surface area (Å²) in [6.45, 7) is 2.51. The Hall–Kier alpha value is -1.27. The van der Waals surface area contributed by atoms with Crippen LogP contribution in [0.1, 0.15) is 25.8 Å². The van der Waals surface area contributed by atoms with Crippen molar-refractivity contribution in [2.24, 2.45) is 0 Å². The molecule has 2 N–H and O–H groups in total. The van der Waals surface area contributed by atoms with E-state index in [1.807, 2.05) is 6.92 Å². The van der Waals surface area contributed by atoms with Crippen LogP contribution in [-0.4, -0.2) is 31.0 Å². The number of alkyl halides is 3. The number of halogens is 3. The fourth-order valence-electron chi connectivity index (χ4n) is 1.68. The lowest BCUT2D eigenvalue weighted by Gasteiger charge is -2.30. The highest BCUT2D eigenvalue weighted by Crippen LogP contribution is 2.24. The third kappa shape index (κ3) is 5.02. The van der Waals surface area contributed by atoms with Crippen molar-refractivity contribution in [2.45, 2.75) is 32.0 Å². The molecule has 1 aromatic rings. The number of hydrogen-bond donors (Lipinski definition) is 2. The van der Waals surface area contributed by atoms with Crippen molar-refractivity contribution < 1.29 is 23.0 Å². The summed E-state index contributed by atoms with van der Waals surface area (Å²) in [6, 6.07) is 6.69. The Bertz CT molecular complexity index is 406. The van der Waals surface area contributed by atoms with Gasteiger partial charge in [0.25, 0.3) is 0 Å². The highest BCUT2D eigenvalue weighted by Gasteiger charge is 2.33. The third-order valence-electron chi connectivity index (χ3n) is 2.96. The minimum absolute atomic E-state index is 0.432. The van der Waals surface area contributed by atoms with Crippen LogP contribution in [0.2, 0.25) is 0 Å². The standard InChI is InChI=1S/C14H20F3NO2/c1-3-8-20-12-6-4-11(5-7-12)13(2,10-19)18-9-14(15,16)17/h4-7,18-19H,3,8-10H2,1-2H3. The first-order valence-corrected chi connectivity index (χ1v) is 6.47. The second kappa shape index (κ2) is 6.95. The summed E-state index contributed by atoms with van der Waals surface area (Å²) in [5, 5.41) is 11.7. The zero-order chi connectivity index (χ0) is 15.2. The van der Waals surface area contributed by atoms with Crippen molar-refractivity contribution in [2.75, 3.05) is 19.8 Å². The first-order valence-electron chi connectivity index (χ1n) is 6.47. The second-order valence-corrected chi connectivity index (χ2v) is 4.83. The fourth-order valence-corrected chi connectivity index (χ4v) is 1.68. The van der Waals surface area contributed by atoms with Gasteiger partial charge in [0, 0.05) is 0 Å². The number of rotatable bonds is 7. The number of hydrogen-bond acceptors (Lipinski definition) is 3. The van der Waals surface area contributed by atoms with Gasteiger partial charge in [-0.3, -0.25) is 5.32 Å². The van der Waals surface area contributed by atoms with Crippen LogP contribution in [0.25, 0.3) is 0 Å². The molecule has 1 unspecified atom stereocenters. The van der Waals surface area contributed by atoms with Crippen LogP contribution < -0.4 is 10.1 Å². The van der Waals surface area contributed by atoms with Gasteiger partial charge in [-0.15, -0.1) is 0 Å². The van der Waals surface area contributed by atoms with Crippen molar-refractivity contribution in [3.8, 4) is 5.75 Å². The molecule has 1 rings (SSSR count). The minimum Gasteiger partial charge on any atom is -0.494 e. The van der Waals surface area contributed by atoms with Crippen LogP contribution >= 0.6 is 0 Å². The molecule has 0 radical (unpaired) electrons. The summed E-state index contributed by atoms with van der Waals surface area (Å²) in [5.41, 5.74) is -0.563. The summed E-state index contributed by atoms with van der Waals surface area (Å²) in [4.78, 5) is 0. The van der Waals surface area contributed by atoms with Crippen molar-refractivity contribution >= 4 is 0 Å². The molecular formula is C14H20F3NO2. The normalized spacial score (nSPS) is 14.9. The first-order chi connectivity index (χ1) is 9.30. The molecule has 1 aromatic carbocycles. The molecule has 0 spiro atoms. The maximum absolute atomic E-state index is 12.3. The van der Waals surface area contributed by atoms with Gasteiger partial charge in [0.15, 0.2) is 0 Å². The van der Waals surface area contributed by atoms with Crippen LogP contribution in [0.5, 0.6) is 5.75 Å². The summed E-state index contributed by atoms with van der Waals surface area (Å²) < 4.78 is 42.2. The summed E-state index contributed by atoms with van der Waals surface area (Å²) in [5.74, 6) is 0.659. The van der Waals surface area contributed by atoms with E-state index >= 15 is 0 Å². The molecule has 0 saturated carbocycles. The molecule has 0 saturated heterocycles. The van der Waals surface area contributed by atoms with Crippen molar-refractivity contribution in [3.05, 3.63) is 29.8 Å². The van der Waals surface area contributed by atoms with Crippen LogP contribution in [0.4, 0.5) is 13.2 Å². The molecule has 1 atom stereocenters. The Morgan fingerprint density at radius 2 is 1.80 bits per heavy atom. The number of benzene rings is 1.